The number of hydrogen-bond acceptors (Lipinski definition) is 6. The Morgan fingerprint density at radius 3 is 2.41 bits per heavy atom. The van der Waals surface area contributed by atoms with Crippen LogP contribution in [0.2, 0.25) is 0 Å². The van der Waals surface area contributed by atoms with E-state index < -0.39 is 50.3 Å². The maximum absolute atomic E-state index is 13.8. The van der Waals surface area contributed by atoms with Gasteiger partial charge in [0, 0.05) is 11.9 Å². The molecule has 10 nitrogen and oxygen atoms in total. The van der Waals surface area contributed by atoms with Gasteiger partial charge in [0.25, 0.3) is 11.5 Å². The van der Waals surface area contributed by atoms with Crippen LogP contribution in [0.4, 0.5) is 13.2 Å². The summed E-state index contributed by atoms with van der Waals surface area (Å²) >= 11 is 0. The van der Waals surface area contributed by atoms with Gasteiger partial charge < -0.3 is 14.3 Å². The highest BCUT2D eigenvalue weighted by Gasteiger charge is 2.34. The quantitative estimate of drug-likeness (QED) is 0.314. The molecular weight excluding hydrogens is 565 g/mol. The average Bonchev–Trinajstić information content (AvgIpc) is 3.20. The van der Waals surface area contributed by atoms with Crippen molar-refractivity contribution < 1.29 is 31.1 Å². The first-order valence-electron chi connectivity index (χ1n) is 11.9. The van der Waals surface area contributed by atoms with Gasteiger partial charge in [0.15, 0.2) is 0 Å². The number of carbonyl (C=O) groups is 1. The fourth-order valence-electron chi connectivity index (χ4n) is 4.67. The summed E-state index contributed by atoms with van der Waals surface area (Å²) in [6, 6.07) is 15.1. The van der Waals surface area contributed by atoms with Crippen molar-refractivity contribution in [1.82, 2.24) is 18.8 Å². The van der Waals surface area contributed by atoms with Gasteiger partial charge in [-0.2, -0.15) is 13.2 Å². The van der Waals surface area contributed by atoms with Crippen molar-refractivity contribution >= 4 is 37.7 Å². The highest BCUT2D eigenvalue weighted by atomic mass is 32.2. The zero-order valence-electron chi connectivity index (χ0n) is 21.4. The second-order valence-electron chi connectivity index (χ2n) is 9.18. The Kier molecular flexibility index (Phi) is 6.73. The van der Waals surface area contributed by atoms with Crippen LogP contribution in [-0.4, -0.2) is 41.8 Å². The van der Waals surface area contributed by atoms with Crippen LogP contribution in [0.5, 0.6) is 5.75 Å². The van der Waals surface area contributed by atoms with Gasteiger partial charge in [-0.3, -0.25) is 9.59 Å². The lowest BCUT2D eigenvalue weighted by Gasteiger charge is -2.13. The Morgan fingerprint density at radius 2 is 1.73 bits per heavy atom. The summed E-state index contributed by atoms with van der Waals surface area (Å²) < 4.78 is 74.5. The monoisotopic (exact) mass is 586 g/mol. The van der Waals surface area contributed by atoms with Crippen LogP contribution >= 0.6 is 0 Å². The Morgan fingerprint density at radius 1 is 1.00 bits per heavy atom. The number of halogens is 3. The van der Waals surface area contributed by atoms with Gasteiger partial charge in [-0.1, -0.05) is 24.3 Å². The van der Waals surface area contributed by atoms with Crippen LogP contribution in [0, 0.1) is 0 Å². The fraction of sp³-hybridized carbons (Fsp3) is 0.148. The molecule has 0 aliphatic rings. The van der Waals surface area contributed by atoms with E-state index in [4.69, 9.17) is 4.74 Å². The molecule has 5 aromatic rings. The van der Waals surface area contributed by atoms with E-state index in [1.165, 1.54) is 29.9 Å². The third kappa shape index (κ3) is 5.20. The number of benzene rings is 3. The van der Waals surface area contributed by atoms with Crippen LogP contribution in [0.3, 0.4) is 0 Å². The van der Waals surface area contributed by atoms with E-state index in [1.54, 1.807) is 30.3 Å². The zero-order valence-corrected chi connectivity index (χ0v) is 22.3. The van der Waals surface area contributed by atoms with E-state index in [-0.39, 0.29) is 28.4 Å². The molecule has 2 heterocycles. The molecule has 14 heteroatoms. The van der Waals surface area contributed by atoms with Gasteiger partial charge >= 0.3 is 11.9 Å². The van der Waals surface area contributed by atoms with Crippen molar-refractivity contribution in [3.8, 4) is 11.4 Å². The molecule has 212 valence electrons. The molecule has 0 aliphatic carbocycles. The molecule has 5 rings (SSSR count). The topological polar surface area (TPSA) is 132 Å². The first-order valence-corrected chi connectivity index (χ1v) is 13.8. The van der Waals surface area contributed by atoms with Gasteiger partial charge in [0.1, 0.15) is 11.4 Å². The van der Waals surface area contributed by atoms with Crippen molar-refractivity contribution in [2.75, 3.05) is 13.4 Å². The molecule has 0 fully saturated rings. The van der Waals surface area contributed by atoms with Gasteiger partial charge in [0.05, 0.1) is 41.0 Å². The van der Waals surface area contributed by atoms with Crippen LogP contribution in [0.15, 0.2) is 76.3 Å². The number of aromatic nitrogens is 3. The minimum absolute atomic E-state index is 0.0160. The summed E-state index contributed by atoms with van der Waals surface area (Å²) in [5.74, 6) is -0.808. The number of aromatic amines is 1. The van der Waals surface area contributed by atoms with Gasteiger partial charge in [-0.05, 0) is 48.0 Å². The lowest BCUT2D eigenvalue weighted by atomic mass is 10.1. The molecule has 2 N–H and O–H groups in total. The van der Waals surface area contributed by atoms with E-state index in [9.17, 15) is 36.0 Å². The van der Waals surface area contributed by atoms with Gasteiger partial charge in [-0.15, -0.1) is 0 Å². The molecule has 0 bridgehead atoms. The number of rotatable bonds is 6. The lowest BCUT2D eigenvalue weighted by molar-refractivity contribution is -0.137. The van der Waals surface area contributed by atoms with Crippen LogP contribution < -0.4 is 20.7 Å². The Labute approximate surface area is 229 Å². The Balaban J connectivity index is 1.95. The van der Waals surface area contributed by atoms with E-state index in [0.29, 0.717) is 21.9 Å². The normalized spacial score (nSPS) is 12.1. The van der Waals surface area contributed by atoms with Crippen LogP contribution in [0.25, 0.3) is 27.5 Å². The standard InChI is InChI=1S/C27H21F3N4O6S/c1-40-17-7-5-6-15(12-17)14-33-21-11-10-16(27(28,29)30)13-19(21)22(23(33)24(35)32-41(2,38)39)34-25(36)18-8-3-4-9-20(18)31-26(34)37/h3-13H,14H2,1-2H3,(H,31,37)(H,32,35). The SMILES string of the molecule is COc1cccc(Cn2c(C(=O)NS(C)(=O)=O)c(-n3c(=O)[nH]c4ccccc4c3=O)c3cc(C(F)(F)F)ccc32)c1. The molecule has 0 radical (unpaired) electrons. The first-order chi connectivity index (χ1) is 19.3. The summed E-state index contributed by atoms with van der Waals surface area (Å²) in [6.07, 6.45) is -4.09. The number of para-hydroxylation sites is 1. The minimum Gasteiger partial charge on any atom is -0.497 e. The minimum atomic E-state index is -4.81. The molecule has 41 heavy (non-hydrogen) atoms. The molecular formula is C27H21F3N4O6S. The highest BCUT2D eigenvalue weighted by molar-refractivity contribution is 7.89. The molecule has 1 amide bonds. The first kappa shape index (κ1) is 27.7. The number of ether oxygens (including phenoxy) is 1. The second kappa shape index (κ2) is 9.96. The summed E-state index contributed by atoms with van der Waals surface area (Å²) in [5, 5.41) is -0.258. The highest BCUT2D eigenvalue weighted by Crippen LogP contribution is 2.36. The van der Waals surface area contributed by atoms with Gasteiger partial charge in [-0.25, -0.2) is 22.5 Å². The number of nitrogens with one attached hydrogen (secondary N) is 2. The number of methoxy groups -OCH3 is 1. The van der Waals surface area contributed by atoms with Crippen molar-refractivity contribution in [1.29, 1.82) is 0 Å². The lowest BCUT2D eigenvalue weighted by Crippen LogP contribution is -2.37. The Hall–Kier alpha value is -4.85. The maximum atomic E-state index is 13.8. The molecule has 0 spiro atoms. The van der Waals surface area contributed by atoms with Crippen LogP contribution in [-0.2, 0) is 22.7 Å². The molecule has 0 saturated carbocycles. The number of amides is 1. The third-order valence-electron chi connectivity index (χ3n) is 6.36. The molecule has 0 unspecified atom stereocenters. The molecule has 0 atom stereocenters. The average molecular weight is 587 g/mol. The number of fused-ring (bicyclic) bond motifs is 2. The maximum Gasteiger partial charge on any atom is 0.416 e. The third-order valence-corrected chi connectivity index (χ3v) is 6.92. The zero-order chi connectivity index (χ0) is 29.7. The molecule has 3 aromatic carbocycles. The molecule has 0 saturated heterocycles. The largest absolute Gasteiger partial charge is 0.497 e. The summed E-state index contributed by atoms with van der Waals surface area (Å²) in [4.78, 5) is 43.0. The fourth-order valence-corrected chi connectivity index (χ4v) is 5.10. The van der Waals surface area contributed by atoms with Crippen molar-refractivity contribution in [2.45, 2.75) is 12.7 Å². The smallest absolute Gasteiger partial charge is 0.416 e. The summed E-state index contributed by atoms with van der Waals surface area (Å²) in [5.41, 5.74) is -3.37. The van der Waals surface area contributed by atoms with E-state index >= 15 is 0 Å². The number of alkyl halides is 3. The predicted molar refractivity (Wildman–Crippen MR) is 145 cm³/mol. The van der Waals surface area contributed by atoms with E-state index in [0.717, 1.165) is 18.4 Å². The van der Waals surface area contributed by atoms with Gasteiger partial charge in [0.2, 0.25) is 10.0 Å². The number of hydrogen-bond donors (Lipinski definition) is 2. The summed E-state index contributed by atoms with van der Waals surface area (Å²) in [7, 11) is -2.75. The number of carbonyl (C=O) groups excluding carboxylic acids is 1. The number of sulfonamides is 1. The predicted octanol–water partition coefficient (Wildman–Crippen LogP) is 3.40. The number of H-pyrrole nitrogens is 1. The van der Waals surface area contributed by atoms with Crippen molar-refractivity contribution in [3.05, 3.63) is 104 Å². The van der Waals surface area contributed by atoms with E-state index in [1.807, 2.05) is 4.72 Å². The van der Waals surface area contributed by atoms with E-state index in [2.05, 4.69) is 4.98 Å². The number of nitrogens with zero attached hydrogens (tertiary/aromatic N) is 2. The second-order valence-corrected chi connectivity index (χ2v) is 10.9. The molecule has 2 aromatic heterocycles. The van der Waals surface area contributed by atoms with Crippen molar-refractivity contribution in [3.63, 3.8) is 0 Å². The summed E-state index contributed by atoms with van der Waals surface area (Å²) in [6.45, 7) is -0.161. The molecule has 0 aliphatic heterocycles. The van der Waals surface area contributed by atoms with Crippen molar-refractivity contribution in [2.24, 2.45) is 0 Å². The van der Waals surface area contributed by atoms with Crippen LogP contribution in [0.1, 0.15) is 21.6 Å². The Bertz CT molecular complexity index is 2080.